The highest BCUT2D eigenvalue weighted by Crippen LogP contribution is 2.27. The van der Waals surface area contributed by atoms with E-state index in [1.807, 2.05) is 6.92 Å². The average Bonchev–Trinajstić information content (AvgIpc) is 3.17. The predicted octanol–water partition coefficient (Wildman–Crippen LogP) is 4.58. The van der Waals surface area contributed by atoms with Crippen LogP contribution in [0.3, 0.4) is 0 Å². The van der Waals surface area contributed by atoms with Crippen molar-refractivity contribution < 1.29 is 13.2 Å². The van der Waals surface area contributed by atoms with Gasteiger partial charge in [0, 0.05) is 28.7 Å². The van der Waals surface area contributed by atoms with Crippen LogP contribution in [0.25, 0.3) is 0 Å². The molecule has 2 aromatic carbocycles. The summed E-state index contributed by atoms with van der Waals surface area (Å²) in [5.74, 6) is -0.352. The van der Waals surface area contributed by atoms with Gasteiger partial charge in [-0.1, -0.05) is 35.3 Å². The second-order valence-electron chi connectivity index (χ2n) is 6.95. The number of amides is 1. The van der Waals surface area contributed by atoms with E-state index in [0.29, 0.717) is 34.3 Å². The summed E-state index contributed by atoms with van der Waals surface area (Å²) in [7, 11) is -3.59. The van der Waals surface area contributed by atoms with Gasteiger partial charge in [-0.25, -0.2) is 8.42 Å². The Morgan fingerprint density at radius 1 is 1.11 bits per heavy atom. The van der Waals surface area contributed by atoms with Gasteiger partial charge in [0.25, 0.3) is 5.91 Å². The van der Waals surface area contributed by atoms with Crippen LogP contribution in [0.15, 0.2) is 41.3 Å². The van der Waals surface area contributed by atoms with Gasteiger partial charge < -0.3 is 5.32 Å². The summed E-state index contributed by atoms with van der Waals surface area (Å²) in [6, 6.07) is 9.40. The maximum Gasteiger partial charge on any atom is 0.252 e. The van der Waals surface area contributed by atoms with Crippen LogP contribution in [0.2, 0.25) is 10.0 Å². The molecule has 2 aromatic rings. The van der Waals surface area contributed by atoms with Gasteiger partial charge in [-0.3, -0.25) is 4.79 Å². The lowest BCUT2D eigenvalue weighted by molar-refractivity contribution is 0.0939. The van der Waals surface area contributed by atoms with Crippen molar-refractivity contribution in [2.75, 3.05) is 13.1 Å². The van der Waals surface area contributed by atoms with Crippen molar-refractivity contribution >= 4 is 39.1 Å². The van der Waals surface area contributed by atoms with Crippen LogP contribution in [-0.4, -0.2) is 31.7 Å². The monoisotopic (exact) mass is 440 g/mol. The van der Waals surface area contributed by atoms with Crippen molar-refractivity contribution in [3.63, 3.8) is 0 Å². The average molecular weight is 441 g/mol. The predicted molar refractivity (Wildman–Crippen MR) is 112 cm³/mol. The molecule has 0 spiro atoms. The Morgan fingerprint density at radius 3 is 2.43 bits per heavy atom. The minimum Gasteiger partial charge on any atom is -0.345 e. The molecule has 8 heteroatoms. The highest BCUT2D eigenvalue weighted by Gasteiger charge is 2.28. The van der Waals surface area contributed by atoms with Crippen LogP contribution < -0.4 is 5.32 Å². The van der Waals surface area contributed by atoms with Crippen LogP contribution >= 0.6 is 23.2 Å². The van der Waals surface area contributed by atoms with Crippen LogP contribution in [0.4, 0.5) is 0 Å². The molecule has 150 valence electrons. The largest absolute Gasteiger partial charge is 0.345 e. The van der Waals surface area contributed by atoms with Gasteiger partial charge in [-0.05, 0) is 62.1 Å². The zero-order chi connectivity index (χ0) is 20.5. The second-order valence-corrected chi connectivity index (χ2v) is 9.73. The molecule has 1 N–H and O–H groups in total. The van der Waals surface area contributed by atoms with E-state index < -0.39 is 10.0 Å². The highest BCUT2D eigenvalue weighted by molar-refractivity contribution is 7.89. The molecule has 0 bridgehead atoms. The van der Waals surface area contributed by atoms with Gasteiger partial charge >= 0.3 is 0 Å². The van der Waals surface area contributed by atoms with Crippen molar-refractivity contribution in [2.45, 2.75) is 37.6 Å². The smallest absolute Gasteiger partial charge is 0.252 e. The van der Waals surface area contributed by atoms with E-state index in [9.17, 15) is 13.2 Å². The van der Waals surface area contributed by atoms with Gasteiger partial charge in [0.15, 0.2) is 0 Å². The number of sulfonamides is 1. The lowest BCUT2D eigenvalue weighted by Gasteiger charge is -2.19. The molecule has 28 heavy (non-hydrogen) atoms. The third kappa shape index (κ3) is 4.35. The number of carbonyl (C=O) groups excluding carboxylic acids is 1. The van der Waals surface area contributed by atoms with Crippen molar-refractivity contribution in [2.24, 2.45) is 0 Å². The molecule has 1 aliphatic rings. The first-order valence-corrected chi connectivity index (χ1v) is 11.3. The van der Waals surface area contributed by atoms with Crippen LogP contribution in [-0.2, 0) is 10.0 Å². The van der Waals surface area contributed by atoms with Gasteiger partial charge in [-0.15, -0.1) is 0 Å². The van der Waals surface area contributed by atoms with Gasteiger partial charge in [-0.2, -0.15) is 4.31 Å². The first kappa shape index (κ1) is 21.1. The number of hydrogen-bond donors (Lipinski definition) is 1. The van der Waals surface area contributed by atoms with E-state index in [1.54, 1.807) is 37.3 Å². The van der Waals surface area contributed by atoms with Crippen molar-refractivity contribution in [1.29, 1.82) is 0 Å². The quantitative estimate of drug-likeness (QED) is 0.739. The van der Waals surface area contributed by atoms with Crippen LogP contribution in [0, 0.1) is 6.92 Å². The van der Waals surface area contributed by atoms with E-state index in [1.165, 1.54) is 10.4 Å². The molecule has 0 unspecified atom stereocenters. The molecular formula is C20H22Cl2N2O3S. The minimum absolute atomic E-state index is 0.141. The topological polar surface area (TPSA) is 66.5 Å². The molecule has 1 fully saturated rings. The van der Waals surface area contributed by atoms with Gasteiger partial charge in [0.1, 0.15) is 0 Å². The molecule has 1 saturated heterocycles. The number of aryl methyl sites for hydroxylation is 1. The molecule has 3 rings (SSSR count). The summed E-state index contributed by atoms with van der Waals surface area (Å²) in [6.45, 7) is 4.63. The Hall–Kier alpha value is -1.60. The molecule has 1 aliphatic heterocycles. The lowest BCUT2D eigenvalue weighted by atomic mass is 10.1. The fraction of sp³-hybridized carbons (Fsp3) is 0.350. The van der Waals surface area contributed by atoms with E-state index >= 15 is 0 Å². The first-order valence-electron chi connectivity index (χ1n) is 9.07. The number of carbonyl (C=O) groups is 1. The van der Waals surface area contributed by atoms with E-state index in [2.05, 4.69) is 5.32 Å². The third-order valence-corrected chi connectivity index (χ3v) is 7.39. The van der Waals surface area contributed by atoms with Crippen LogP contribution in [0.1, 0.15) is 47.3 Å². The minimum atomic E-state index is -3.59. The molecule has 1 amide bonds. The van der Waals surface area contributed by atoms with E-state index in [4.69, 9.17) is 23.2 Å². The lowest BCUT2D eigenvalue weighted by Crippen LogP contribution is -2.30. The van der Waals surface area contributed by atoms with Crippen molar-refractivity contribution in [3.8, 4) is 0 Å². The zero-order valence-electron chi connectivity index (χ0n) is 15.7. The summed E-state index contributed by atoms with van der Waals surface area (Å²) in [5.41, 5.74) is 1.77. The zero-order valence-corrected chi connectivity index (χ0v) is 18.0. The fourth-order valence-corrected chi connectivity index (χ4v) is 5.40. The summed E-state index contributed by atoms with van der Waals surface area (Å²) in [5, 5.41) is 3.86. The Morgan fingerprint density at radius 2 is 1.79 bits per heavy atom. The summed E-state index contributed by atoms with van der Waals surface area (Å²) >= 11 is 12.1. The fourth-order valence-electron chi connectivity index (χ4n) is 3.29. The van der Waals surface area contributed by atoms with Gasteiger partial charge in [0.05, 0.1) is 10.9 Å². The van der Waals surface area contributed by atoms with E-state index in [0.717, 1.165) is 18.4 Å². The molecule has 1 heterocycles. The Labute approximate surface area is 175 Å². The molecule has 0 aliphatic carbocycles. The maximum absolute atomic E-state index is 12.8. The number of halogens is 2. The number of nitrogens with zero attached hydrogens (tertiary/aromatic N) is 1. The van der Waals surface area contributed by atoms with Gasteiger partial charge in [0.2, 0.25) is 10.0 Å². The molecule has 0 saturated carbocycles. The SMILES string of the molecule is Cc1ccc(S(=O)(=O)N2CCCC2)cc1C(=O)N[C@@H](C)c1ccc(Cl)cc1Cl. The number of nitrogens with one attached hydrogen (secondary N) is 1. The third-order valence-electron chi connectivity index (χ3n) is 4.93. The molecule has 0 radical (unpaired) electrons. The second kappa shape index (κ2) is 8.41. The Kier molecular flexibility index (Phi) is 6.34. The molecule has 5 nitrogen and oxygen atoms in total. The molecular weight excluding hydrogens is 419 g/mol. The van der Waals surface area contributed by atoms with Crippen molar-refractivity contribution in [1.82, 2.24) is 9.62 Å². The number of rotatable bonds is 5. The molecule has 1 atom stereocenters. The maximum atomic E-state index is 12.8. The van der Waals surface area contributed by atoms with E-state index in [-0.39, 0.29) is 16.8 Å². The standard InChI is InChI=1S/C20H22Cl2N2O3S/c1-13-5-7-16(28(26,27)24-9-3-4-10-24)12-18(13)20(25)23-14(2)17-8-6-15(21)11-19(17)22/h5-8,11-12,14H,3-4,9-10H2,1-2H3,(H,23,25)/t14-/m0/s1. The van der Waals surface area contributed by atoms with Crippen LogP contribution in [0.5, 0.6) is 0 Å². The number of benzene rings is 2. The normalized spacial score (nSPS) is 16.1. The summed E-state index contributed by atoms with van der Waals surface area (Å²) in [6.07, 6.45) is 1.72. The van der Waals surface area contributed by atoms with Crippen molar-refractivity contribution in [3.05, 3.63) is 63.1 Å². The Balaban J connectivity index is 1.85. The summed E-state index contributed by atoms with van der Waals surface area (Å²) < 4.78 is 27.1. The first-order chi connectivity index (χ1) is 13.2. The highest BCUT2D eigenvalue weighted by atomic mass is 35.5. The Bertz CT molecular complexity index is 1000. The number of hydrogen-bond acceptors (Lipinski definition) is 3. The summed E-state index contributed by atoms with van der Waals surface area (Å²) in [4.78, 5) is 13.0. The molecule has 0 aromatic heterocycles.